The first-order valence-corrected chi connectivity index (χ1v) is 12.5. The number of amides is 2. The zero-order valence-electron chi connectivity index (χ0n) is 19.1. The Morgan fingerprint density at radius 2 is 1.69 bits per heavy atom. The third kappa shape index (κ3) is 7.52. The summed E-state index contributed by atoms with van der Waals surface area (Å²) in [4.78, 5) is 14.3. The van der Waals surface area contributed by atoms with Gasteiger partial charge < -0.3 is 20.1 Å². The molecule has 0 aliphatic heterocycles. The average Bonchev–Trinajstić information content (AvgIpc) is 2.78. The van der Waals surface area contributed by atoms with E-state index in [1.807, 2.05) is 31.1 Å². The van der Waals surface area contributed by atoms with Crippen LogP contribution in [0.25, 0.3) is 11.1 Å². The number of carbonyl (C=O) groups is 1. The molecule has 3 aromatic carbocycles. The topological polar surface area (TPSA) is 108 Å². The molecule has 0 radical (unpaired) electrons. The van der Waals surface area contributed by atoms with Crippen LogP contribution >= 0.6 is 23.2 Å². The van der Waals surface area contributed by atoms with Crippen LogP contribution in [0.2, 0.25) is 10.0 Å². The molecule has 2 amide bonds. The second-order valence-electron chi connectivity index (χ2n) is 8.11. The van der Waals surface area contributed by atoms with E-state index in [2.05, 4.69) is 16.7 Å². The van der Waals surface area contributed by atoms with Crippen molar-refractivity contribution in [3.8, 4) is 17.2 Å². The van der Waals surface area contributed by atoms with E-state index in [0.29, 0.717) is 44.5 Å². The fourth-order valence-corrected chi connectivity index (χ4v) is 4.65. The Balaban J connectivity index is 1.69. The molecule has 10 heteroatoms. The Morgan fingerprint density at radius 3 is 2.26 bits per heavy atom. The van der Waals surface area contributed by atoms with Gasteiger partial charge in [0.25, 0.3) is 0 Å². The first kappa shape index (κ1) is 26.7. The maximum absolute atomic E-state index is 12.4. The van der Waals surface area contributed by atoms with Crippen LogP contribution in [0, 0.1) is 11.3 Å². The van der Waals surface area contributed by atoms with Gasteiger partial charge in [-0.25, -0.2) is 4.79 Å². The molecule has 0 spiro atoms. The van der Waals surface area contributed by atoms with Gasteiger partial charge in [0, 0.05) is 30.1 Å². The summed E-state index contributed by atoms with van der Waals surface area (Å²) < 4.78 is 21.5. The van der Waals surface area contributed by atoms with Crippen LogP contribution in [0.15, 0.2) is 54.6 Å². The largest absolute Gasteiger partial charge is 0.772 e. The fraction of sp³-hybridized carbons (Fsp3) is 0.200. The standard InChI is InChI=1S/C25H24Cl2N4O3S/c1-31(2)14-19-8-7-18(9-20(19)12-28)24-22(26)10-21(11-23(24)27)30-25(32)29-13-16-3-5-17(6-4-16)15-35(33)34/h3-11H,13-15H2,1-2H3,(H,33,34)(H2,29,30,32)/p-1. The Hall–Kier alpha value is -2.93. The van der Waals surface area contributed by atoms with Crippen molar-refractivity contribution in [3.63, 3.8) is 0 Å². The zero-order chi connectivity index (χ0) is 25.5. The van der Waals surface area contributed by atoms with Gasteiger partial charge in [0.05, 0.1) is 21.7 Å². The van der Waals surface area contributed by atoms with Crippen LogP contribution in [-0.4, -0.2) is 33.8 Å². The van der Waals surface area contributed by atoms with Crippen LogP contribution in [-0.2, 0) is 29.9 Å². The molecule has 182 valence electrons. The van der Waals surface area contributed by atoms with Crippen LogP contribution < -0.4 is 10.6 Å². The predicted molar refractivity (Wildman–Crippen MR) is 139 cm³/mol. The van der Waals surface area contributed by atoms with E-state index >= 15 is 0 Å². The summed E-state index contributed by atoms with van der Waals surface area (Å²) in [5, 5.41) is 15.7. The normalized spacial score (nSPS) is 11.7. The molecule has 0 saturated carbocycles. The van der Waals surface area contributed by atoms with Crippen LogP contribution in [0.1, 0.15) is 22.3 Å². The lowest BCUT2D eigenvalue weighted by molar-refractivity contribution is 0.251. The lowest BCUT2D eigenvalue weighted by Crippen LogP contribution is -2.28. The first-order valence-electron chi connectivity index (χ1n) is 10.5. The molecule has 0 saturated heterocycles. The van der Waals surface area contributed by atoms with Crippen molar-refractivity contribution in [2.75, 3.05) is 19.4 Å². The third-order valence-electron chi connectivity index (χ3n) is 5.07. The molecule has 3 rings (SSSR count). The highest BCUT2D eigenvalue weighted by atomic mass is 35.5. The smallest absolute Gasteiger partial charge is 0.319 e. The van der Waals surface area contributed by atoms with E-state index in [-0.39, 0.29) is 12.3 Å². The second kappa shape index (κ2) is 12.2. The third-order valence-corrected chi connectivity index (χ3v) is 6.23. The van der Waals surface area contributed by atoms with E-state index < -0.39 is 17.1 Å². The van der Waals surface area contributed by atoms with Crippen molar-refractivity contribution in [3.05, 3.63) is 86.9 Å². The van der Waals surface area contributed by atoms with Gasteiger partial charge in [-0.2, -0.15) is 5.26 Å². The molecule has 1 unspecified atom stereocenters. The lowest BCUT2D eigenvalue weighted by Gasteiger charge is -2.15. The summed E-state index contributed by atoms with van der Waals surface area (Å²) in [5.74, 6) is -0.0518. The summed E-state index contributed by atoms with van der Waals surface area (Å²) in [7, 11) is 3.86. The number of nitriles is 1. The number of benzene rings is 3. The van der Waals surface area contributed by atoms with E-state index in [1.54, 1.807) is 42.5 Å². The van der Waals surface area contributed by atoms with Gasteiger partial charge in [-0.15, -0.1) is 0 Å². The van der Waals surface area contributed by atoms with Crippen molar-refractivity contribution < 1.29 is 13.6 Å². The van der Waals surface area contributed by atoms with E-state index in [1.165, 1.54) is 0 Å². The van der Waals surface area contributed by atoms with Crippen molar-refractivity contribution >= 4 is 46.0 Å². The minimum atomic E-state index is -2.15. The fourth-order valence-electron chi connectivity index (χ4n) is 3.48. The van der Waals surface area contributed by atoms with Gasteiger partial charge in [0.1, 0.15) is 0 Å². The van der Waals surface area contributed by atoms with E-state index in [4.69, 9.17) is 23.2 Å². The molecule has 0 aliphatic rings. The summed E-state index contributed by atoms with van der Waals surface area (Å²) in [5.41, 5.74) is 4.63. The van der Waals surface area contributed by atoms with Gasteiger partial charge >= 0.3 is 6.03 Å². The molecule has 1 atom stereocenters. The Bertz CT molecular complexity index is 1270. The monoisotopic (exact) mass is 529 g/mol. The first-order chi connectivity index (χ1) is 16.7. The highest BCUT2D eigenvalue weighted by Gasteiger charge is 2.14. The summed E-state index contributed by atoms with van der Waals surface area (Å²) >= 11 is 10.9. The van der Waals surface area contributed by atoms with E-state index in [9.17, 15) is 18.8 Å². The van der Waals surface area contributed by atoms with Gasteiger partial charge in [-0.3, -0.25) is 4.21 Å². The van der Waals surface area contributed by atoms with Crippen LogP contribution in [0.4, 0.5) is 10.5 Å². The summed E-state index contributed by atoms with van der Waals surface area (Å²) in [6.45, 7) is 0.885. The molecule has 0 aliphatic carbocycles. The molecule has 0 heterocycles. The molecule has 2 N–H and O–H groups in total. The van der Waals surface area contributed by atoms with Gasteiger partial charge in [0.15, 0.2) is 0 Å². The minimum Gasteiger partial charge on any atom is -0.772 e. The molecule has 35 heavy (non-hydrogen) atoms. The number of urea groups is 1. The minimum absolute atomic E-state index is 0.0518. The SMILES string of the molecule is CN(C)Cc1ccc(-c2c(Cl)cc(NC(=O)NCc3ccc(CS(=O)[O-])cc3)cc2Cl)cc1C#N. The Labute approximate surface area is 216 Å². The van der Waals surface area contributed by atoms with Gasteiger partial charge in [-0.05, 0) is 54.5 Å². The number of rotatable bonds is 8. The number of nitrogens with one attached hydrogen (secondary N) is 2. The number of halogens is 2. The van der Waals surface area contributed by atoms with Crippen LogP contribution in [0.5, 0.6) is 0 Å². The molecular formula is C25H23Cl2N4O3S-. The van der Waals surface area contributed by atoms with Crippen molar-refractivity contribution in [2.24, 2.45) is 0 Å². The highest BCUT2D eigenvalue weighted by molar-refractivity contribution is 7.78. The number of nitrogens with zero attached hydrogens (tertiary/aromatic N) is 2. The van der Waals surface area contributed by atoms with Crippen LogP contribution in [0.3, 0.4) is 0 Å². The van der Waals surface area contributed by atoms with Crippen molar-refractivity contribution in [1.29, 1.82) is 5.26 Å². The number of anilines is 1. The van der Waals surface area contributed by atoms with E-state index in [0.717, 1.165) is 11.1 Å². The molecule has 0 fully saturated rings. The van der Waals surface area contributed by atoms with Crippen molar-refractivity contribution in [2.45, 2.75) is 18.8 Å². The maximum atomic E-state index is 12.4. The molecule has 0 bridgehead atoms. The quantitative estimate of drug-likeness (QED) is 0.385. The highest BCUT2D eigenvalue weighted by Crippen LogP contribution is 2.38. The molecule has 7 nitrogen and oxygen atoms in total. The molecular weight excluding hydrogens is 507 g/mol. The van der Waals surface area contributed by atoms with Gasteiger partial charge in [-0.1, -0.05) is 70.7 Å². The zero-order valence-corrected chi connectivity index (χ0v) is 21.4. The average molecular weight is 530 g/mol. The summed E-state index contributed by atoms with van der Waals surface area (Å²) in [6, 6.07) is 17.4. The van der Waals surface area contributed by atoms with Gasteiger partial charge in [0.2, 0.25) is 0 Å². The molecule has 0 aromatic heterocycles. The molecule has 3 aromatic rings. The summed E-state index contributed by atoms with van der Waals surface area (Å²) in [6.07, 6.45) is 0. The van der Waals surface area contributed by atoms with Crippen molar-refractivity contribution in [1.82, 2.24) is 10.2 Å². The lowest BCUT2D eigenvalue weighted by atomic mass is 9.99. The number of carbonyl (C=O) groups excluding carboxylic acids is 1. The second-order valence-corrected chi connectivity index (χ2v) is 9.82. The Morgan fingerprint density at radius 1 is 1.06 bits per heavy atom. The predicted octanol–water partition coefficient (Wildman–Crippen LogP) is 5.29. The Kier molecular flexibility index (Phi) is 9.26. The number of hydrogen-bond acceptors (Lipinski definition) is 5. The maximum Gasteiger partial charge on any atom is 0.319 e. The number of hydrogen-bond donors (Lipinski definition) is 2.